The maximum atomic E-state index is 12.8. The Labute approximate surface area is 405 Å². The number of rotatable bonds is 46. The van der Waals surface area contributed by atoms with Gasteiger partial charge in [0.15, 0.2) is 6.10 Å². The fraction of sp³-hybridized carbons (Fsp3) is 0.617. The van der Waals surface area contributed by atoms with Gasteiger partial charge in [-0.2, -0.15) is 0 Å². The molecule has 0 aromatic carbocycles. The van der Waals surface area contributed by atoms with E-state index in [9.17, 15) is 14.4 Å². The topological polar surface area (TPSA) is 78.9 Å². The third kappa shape index (κ3) is 50.8. The van der Waals surface area contributed by atoms with E-state index in [-0.39, 0.29) is 38.0 Å². The molecule has 0 saturated carbocycles. The van der Waals surface area contributed by atoms with Crippen molar-refractivity contribution in [1.29, 1.82) is 0 Å². The van der Waals surface area contributed by atoms with Crippen LogP contribution in [-0.4, -0.2) is 37.2 Å². The Morgan fingerprint density at radius 2 is 0.652 bits per heavy atom. The Hall–Kier alpha value is -4.19. The predicted octanol–water partition coefficient (Wildman–Crippen LogP) is 17.7. The second kappa shape index (κ2) is 53.4. The highest BCUT2D eigenvalue weighted by atomic mass is 16.6. The Kier molecular flexibility index (Phi) is 50.0. The summed E-state index contributed by atoms with van der Waals surface area (Å²) in [5, 5.41) is 0. The summed E-state index contributed by atoms with van der Waals surface area (Å²) in [6, 6.07) is 0. The molecule has 0 saturated heterocycles. The first kappa shape index (κ1) is 61.8. The molecule has 0 amide bonds. The quantitative estimate of drug-likeness (QED) is 0.0262. The van der Waals surface area contributed by atoms with Crippen LogP contribution in [0.3, 0.4) is 0 Å². The van der Waals surface area contributed by atoms with E-state index in [2.05, 4.69) is 130 Å². The highest BCUT2D eigenvalue weighted by Crippen LogP contribution is 2.15. The van der Waals surface area contributed by atoms with Crippen LogP contribution in [0.1, 0.15) is 220 Å². The molecular formula is C60H96O6. The summed E-state index contributed by atoms with van der Waals surface area (Å²) in [6.07, 6.45) is 73.6. The van der Waals surface area contributed by atoms with Gasteiger partial charge in [0.2, 0.25) is 0 Å². The van der Waals surface area contributed by atoms with Gasteiger partial charge in [0.05, 0.1) is 6.42 Å². The van der Waals surface area contributed by atoms with Gasteiger partial charge >= 0.3 is 17.9 Å². The van der Waals surface area contributed by atoms with Gasteiger partial charge in [0.25, 0.3) is 0 Å². The van der Waals surface area contributed by atoms with Crippen molar-refractivity contribution >= 4 is 17.9 Å². The van der Waals surface area contributed by atoms with Crippen LogP contribution in [0.2, 0.25) is 0 Å². The number of unbranched alkanes of at least 4 members (excludes halogenated alkanes) is 16. The van der Waals surface area contributed by atoms with Crippen molar-refractivity contribution in [3.8, 4) is 0 Å². The van der Waals surface area contributed by atoms with E-state index in [1.165, 1.54) is 83.5 Å². The normalized spacial score (nSPS) is 13.1. The third-order valence-corrected chi connectivity index (χ3v) is 10.7. The number of ether oxygens (including phenoxy) is 3. The van der Waals surface area contributed by atoms with Gasteiger partial charge in [-0.15, -0.1) is 0 Å². The molecule has 1 atom stereocenters. The van der Waals surface area contributed by atoms with Crippen LogP contribution in [0, 0.1) is 0 Å². The molecule has 0 rings (SSSR count). The summed E-state index contributed by atoms with van der Waals surface area (Å²) < 4.78 is 16.7. The van der Waals surface area contributed by atoms with Crippen LogP contribution in [0.4, 0.5) is 0 Å². The molecule has 0 aliphatic rings. The zero-order valence-electron chi connectivity index (χ0n) is 42.4. The first-order chi connectivity index (χ1) is 32.5. The van der Waals surface area contributed by atoms with Crippen molar-refractivity contribution in [2.45, 2.75) is 226 Å². The van der Waals surface area contributed by atoms with Crippen LogP contribution in [-0.2, 0) is 28.6 Å². The molecule has 0 N–H and O–H groups in total. The number of carbonyl (C=O) groups is 3. The Balaban J connectivity index is 4.59. The van der Waals surface area contributed by atoms with E-state index < -0.39 is 12.1 Å². The zero-order valence-corrected chi connectivity index (χ0v) is 42.4. The molecule has 0 aliphatic heterocycles. The van der Waals surface area contributed by atoms with Crippen LogP contribution in [0.5, 0.6) is 0 Å². The van der Waals surface area contributed by atoms with Gasteiger partial charge < -0.3 is 14.2 Å². The van der Waals surface area contributed by atoms with Gasteiger partial charge in [0.1, 0.15) is 13.2 Å². The summed E-state index contributed by atoms with van der Waals surface area (Å²) in [5.74, 6) is -1.13. The lowest BCUT2D eigenvalue weighted by Gasteiger charge is -2.18. The summed E-state index contributed by atoms with van der Waals surface area (Å²) in [6.45, 7) is 6.27. The van der Waals surface area contributed by atoms with Crippen LogP contribution in [0.15, 0.2) is 122 Å². The number of hydrogen-bond acceptors (Lipinski definition) is 6. The van der Waals surface area contributed by atoms with E-state index in [0.29, 0.717) is 12.8 Å². The lowest BCUT2D eigenvalue weighted by molar-refractivity contribution is -0.166. The molecule has 0 aliphatic carbocycles. The molecule has 6 heteroatoms. The second-order valence-electron chi connectivity index (χ2n) is 17.0. The Bertz CT molecular complexity index is 1420. The fourth-order valence-electron chi connectivity index (χ4n) is 6.84. The van der Waals surface area contributed by atoms with Gasteiger partial charge in [-0.25, -0.2) is 0 Å². The zero-order chi connectivity index (χ0) is 47.9. The number of allylic oxidation sites excluding steroid dienone is 19. The maximum absolute atomic E-state index is 12.8. The number of carbonyl (C=O) groups excluding carboxylic acids is 3. The largest absolute Gasteiger partial charge is 0.462 e. The summed E-state index contributed by atoms with van der Waals surface area (Å²) in [4.78, 5) is 38.0. The van der Waals surface area contributed by atoms with Crippen LogP contribution >= 0.6 is 0 Å². The molecule has 0 bridgehead atoms. The van der Waals surface area contributed by atoms with Crippen molar-refractivity contribution in [3.63, 3.8) is 0 Å². The predicted molar refractivity (Wildman–Crippen MR) is 283 cm³/mol. The summed E-state index contributed by atoms with van der Waals surface area (Å²) in [5.41, 5.74) is 0. The minimum Gasteiger partial charge on any atom is -0.462 e. The summed E-state index contributed by atoms with van der Waals surface area (Å²) >= 11 is 0. The first-order valence-electron chi connectivity index (χ1n) is 26.5. The SMILES string of the molecule is CC/C=C\C/C=C\C/C=C\C/C=C\C/C=C\CCCC(=O)OCC(COC(=O)C/C=C\C/C=C\C/C=C\C/C=C\C/C=C\CC)OC(=O)CCCCCCCCCCCCCCCCCC. The molecule has 0 aromatic heterocycles. The average Bonchev–Trinajstić information content (AvgIpc) is 3.31. The van der Waals surface area contributed by atoms with Gasteiger partial charge in [0, 0.05) is 12.8 Å². The lowest BCUT2D eigenvalue weighted by Crippen LogP contribution is -2.30. The van der Waals surface area contributed by atoms with E-state index in [0.717, 1.165) is 89.9 Å². The maximum Gasteiger partial charge on any atom is 0.309 e. The molecule has 372 valence electrons. The van der Waals surface area contributed by atoms with E-state index in [1.54, 1.807) is 6.08 Å². The molecule has 66 heavy (non-hydrogen) atoms. The number of hydrogen-bond donors (Lipinski definition) is 0. The van der Waals surface area contributed by atoms with Crippen LogP contribution < -0.4 is 0 Å². The van der Waals surface area contributed by atoms with Gasteiger partial charge in [-0.3, -0.25) is 14.4 Å². The van der Waals surface area contributed by atoms with Crippen molar-refractivity contribution in [1.82, 2.24) is 0 Å². The second-order valence-corrected chi connectivity index (χ2v) is 17.0. The molecule has 0 fully saturated rings. The molecule has 0 aromatic rings. The molecular weight excluding hydrogens is 817 g/mol. The van der Waals surface area contributed by atoms with Crippen molar-refractivity contribution in [2.75, 3.05) is 13.2 Å². The van der Waals surface area contributed by atoms with Gasteiger partial charge in [-0.1, -0.05) is 239 Å². The minimum atomic E-state index is -0.842. The van der Waals surface area contributed by atoms with Crippen molar-refractivity contribution < 1.29 is 28.6 Å². The fourth-order valence-corrected chi connectivity index (χ4v) is 6.84. The van der Waals surface area contributed by atoms with Gasteiger partial charge in [-0.05, 0) is 83.5 Å². The Morgan fingerprint density at radius 1 is 0.333 bits per heavy atom. The molecule has 0 heterocycles. The molecule has 0 radical (unpaired) electrons. The molecule has 0 spiro atoms. The average molecular weight is 913 g/mol. The molecule has 6 nitrogen and oxygen atoms in total. The minimum absolute atomic E-state index is 0.114. The highest BCUT2D eigenvalue weighted by molar-refractivity contribution is 5.72. The van der Waals surface area contributed by atoms with Crippen LogP contribution in [0.25, 0.3) is 0 Å². The van der Waals surface area contributed by atoms with Crippen molar-refractivity contribution in [2.24, 2.45) is 0 Å². The molecule has 1 unspecified atom stereocenters. The highest BCUT2D eigenvalue weighted by Gasteiger charge is 2.19. The van der Waals surface area contributed by atoms with E-state index in [4.69, 9.17) is 14.2 Å². The lowest BCUT2D eigenvalue weighted by atomic mass is 10.0. The standard InChI is InChI=1S/C60H96O6/c1-4-7-10-13-16-19-22-25-28-30-33-35-38-41-44-47-50-53-59(62)65-56-57(55-64-58(61)52-49-46-43-40-37-34-31-27-24-21-18-15-12-9-6-3)66-60(63)54-51-48-45-42-39-36-32-29-26-23-20-17-14-11-8-5-2/h7,9-10,12,16,18-19,21,25,27-28,31,33,35,37,40-41,44,46,49,57H,4-6,8,11,13-15,17,20,22-24,26,29-30,32,34,36,38-39,42-43,45,47-48,50-56H2,1-3H3/b10-7-,12-9-,19-16-,21-18-,28-25-,31-27-,35-33-,40-37-,44-41-,49-46-. The number of esters is 3. The van der Waals surface area contributed by atoms with E-state index in [1.807, 2.05) is 6.08 Å². The van der Waals surface area contributed by atoms with Crippen molar-refractivity contribution in [3.05, 3.63) is 122 Å². The Morgan fingerprint density at radius 3 is 1.05 bits per heavy atom. The van der Waals surface area contributed by atoms with E-state index >= 15 is 0 Å². The first-order valence-corrected chi connectivity index (χ1v) is 26.5. The monoisotopic (exact) mass is 913 g/mol. The summed E-state index contributed by atoms with van der Waals surface area (Å²) in [7, 11) is 0. The smallest absolute Gasteiger partial charge is 0.309 e. The third-order valence-electron chi connectivity index (χ3n) is 10.7.